The molecule has 118 valence electrons. The molecule has 0 aliphatic carbocycles. The van der Waals surface area contributed by atoms with E-state index in [-0.39, 0.29) is 12.5 Å². The van der Waals surface area contributed by atoms with Gasteiger partial charge in [0.05, 0.1) is 21.9 Å². The molecule has 1 atom stereocenters. The molecule has 0 saturated carbocycles. The summed E-state index contributed by atoms with van der Waals surface area (Å²) in [7, 11) is -3.64. The van der Waals surface area contributed by atoms with Crippen molar-refractivity contribution in [2.24, 2.45) is 5.14 Å². The molecule has 1 saturated heterocycles. The highest BCUT2D eigenvalue weighted by Gasteiger charge is 2.31. The Morgan fingerprint density at radius 3 is 3.00 bits per heavy atom. The first-order chi connectivity index (χ1) is 10.4. The minimum atomic E-state index is -3.64. The number of aryl methyl sites for hydroxylation is 1. The van der Waals surface area contributed by atoms with Gasteiger partial charge in [0.25, 0.3) is 11.6 Å². The number of carbonyl (C=O) groups is 1. The summed E-state index contributed by atoms with van der Waals surface area (Å²) in [6.45, 7) is 2.38. The number of likely N-dealkylation sites (tertiary alicyclic amines) is 1. The van der Waals surface area contributed by atoms with Gasteiger partial charge in [-0.15, -0.1) is 0 Å². The van der Waals surface area contributed by atoms with Crippen LogP contribution in [0.4, 0.5) is 0 Å². The summed E-state index contributed by atoms with van der Waals surface area (Å²) in [4.78, 5) is 18.1. The smallest absolute Gasteiger partial charge is 0.257 e. The van der Waals surface area contributed by atoms with Gasteiger partial charge in [0.2, 0.25) is 10.0 Å². The van der Waals surface area contributed by atoms with E-state index in [1.165, 1.54) is 11.1 Å². The SMILES string of the molecule is Cc1noc2ncc(C(=O)N3CCCC(S(N)(=O)=O)C3)cc12. The van der Waals surface area contributed by atoms with Crippen molar-refractivity contribution in [3.05, 3.63) is 23.5 Å². The van der Waals surface area contributed by atoms with E-state index >= 15 is 0 Å². The standard InChI is InChI=1S/C13H16N4O4S/c1-8-11-5-9(6-15-12(11)21-16-8)13(18)17-4-2-3-10(7-17)22(14,19)20/h5-6,10H,2-4,7H2,1H3,(H2,14,19,20). The van der Waals surface area contributed by atoms with Gasteiger partial charge in [-0.25, -0.2) is 18.5 Å². The highest BCUT2D eigenvalue weighted by atomic mass is 32.2. The lowest BCUT2D eigenvalue weighted by Crippen LogP contribution is -2.47. The summed E-state index contributed by atoms with van der Waals surface area (Å²) >= 11 is 0. The Balaban J connectivity index is 1.87. The summed E-state index contributed by atoms with van der Waals surface area (Å²) in [6.07, 6.45) is 2.50. The number of piperidine rings is 1. The average Bonchev–Trinajstić information content (AvgIpc) is 2.87. The minimum absolute atomic E-state index is 0.109. The van der Waals surface area contributed by atoms with Crippen LogP contribution in [0, 0.1) is 6.92 Å². The molecule has 1 fully saturated rings. The molecule has 22 heavy (non-hydrogen) atoms. The van der Waals surface area contributed by atoms with Crippen LogP contribution in [-0.2, 0) is 10.0 Å². The van der Waals surface area contributed by atoms with E-state index < -0.39 is 15.3 Å². The van der Waals surface area contributed by atoms with E-state index in [1.807, 2.05) is 0 Å². The molecule has 1 amide bonds. The van der Waals surface area contributed by atoms with Crippen molar-refractivity contribution < 1.29 is 17.7 Å². The second-order valence-corrected chi connectivity index (χ2v) is 7.29. The molecule has 3 heterocycles. The minimum Gasteiger partial charge on any atom is -0.337 e. The van der Waals surface area contributed by atoms with Crippen LogP contribution in [0.15, 0.2) is 16.8 Å². The third-order valence-corrected chi connectivity index (χ3v) is 5.20. The maximum atomic E-state index is 12.5. The highest BCUT2D eigenvalue weighted by molar-refractivity contribution is 7.89. The third-order valence-electron chi connectivity index (χ3n) is 3.89. The number of hydrogen-bond acceptors (Lipinski definition) is 6. The maximum Gasteiger partial charge on any atom is 0.257 e. The number of sulfonamides is 1. The van der Waals surface area contributed by atoms with Gasteiger partial charge in [0.15, 0.2) is 0 Å². The molecule has 0 spiro atoms. The molecule has 2 aromatic heterocycles. The molecule has 0 radical (unpaired) electrons. The number of carbonyl (C=O) groups excluding carboxylic acids is 1. The second-order valence-electron chi connectivity index (χ2n) is 5.45. The van der Waals surface area contributed by atoms with E-state index in [0.717, 1.165) is 0 Å². The molecular weight excluding hydrogens is 308 g/mol. The Morgan fingerprint density at radius 2 is 2.27 bits per heavy atom. The average molecular weight is 324 g/mol. The van der Waals surface area contributed by atoms with Gasteiger partial charge in [0.1, 0.15) is 0 Å². The van der Waals surface area contributed by atoms with Crippen molar-refractivity contribution in [2.75, 3.05) is 13.1 Å². The van der Waals surface area contributed by atoms with Crippen molar-refractivity contribution in [1.82, 2.24) is 15.0 Å². The number of rotatable bonds is 2. The Labute approximate surface area is 127 Å². The monoisotopic (exact) mass is 324 g/mol. The summed E-state index contributed by atoms with van der Waals surface area (Å²) < 4.78 is 28.0. The molecule has 1 aliphatic heterocycles. The van der Waals surface area contributed by atoms with Gasteiger partial charge in [-0.2, -0.15) is 0 Å². The van der Waals surface area contributed by atoms with Gasteiger partial charge >= 0.3 is 0 Å². The first-order valence-corrected chi connectivity index (χ1v) is 8.50. The van der Waals surface area contributed by atoms with E-state index in [4.69, 9.17) is 9.66 Å². The lowest BCUT2D eigenvalue weighted by atomic mass is 10.1. The number of primary sulfonamides is 1. The fourth-order valence-corrected chi connectivity index (χ4v) is 3.52. The fourth-order valence-electron chi connectivity index (χ4n) is 2.64. The quantitative estimate of drug-likeness (QED) is 0.855. The Hall–Kier alpha value is -2.00. The predicted molar refractivity (Wildman–Crippen MR) is 78.6 cm³/mol. The lowest BCUT2D eigenvalue weighted by Gasteiger charge is -2.31. The molecule has 1 aliphatic rings. The molecule has 0 bridgehead atoms. The maximum absolute atomic E-state index is 12.5. The number of hydrogen-bond donors (Lipinski definition) is 1. The zero-order valence-corrected chi connectivity index (χ0v) is 12.8. The number of nitrogens with two attached hydrogens (primary N) is 1. The predicted octanol–water partition coefficient (Wildman–Crippen LogP) is 0.424. The van der Waals surface area contributed by atoms with Gasteiger partial charge in [-0.05, 0) is 25.8 Å². The molecule has 3 rings (SSSR count). The van der Waals surface area contributed by atoms with E-state index in [0.29, 0.717) is 41.7 Å². The van der Waals surface area contributed by atoms with Crippen molar-refractivity contribution in [3.8, 4) is 0 Å². The van der Waals surface area contributed by atoms with Crippen LogP contribution in [0.3, 0.4) is 0 Å². The number of amides is 1. The number of fused-ring (bicyclic) bond motifs is 1. The van der Waals surface area contributed by atoms with Crippen LogP contribution in [0.1, 0.15) is 28.9 Å². The molecule has 0 aromatic carbocycles. The second kappa shape index (κ2) is 5.33. The molecule has 1 unspecified atom stereocenters. The number of pyridine rings is 1. The third kappa shape index (κ3) is 2.69. The van der Waals surface area contributed by atoms with Gasteiger partial charge in [-0.1, -0.05) is 5.16 Å². The Kier molecular flexibility index (Phi) is 3.61. The Bertz CT molecular complexity index is 830. The van der Waals surface area contributed by atoms with E-state index in [1.54, 1.807) is 13.0 Å². The summed E-state index contributed by atoms with van der Waals surface area (Å²) in [5.74, 6) is -0.261. The fraction of sp³-hybridized carbons (Fsp3) is 0.462. The first kappa shape index (κ1) is 14.9. The molecule has 2 N–H and O–H groups in total. The topological polar surface area (TPSA) is 119 Å². The van der Waals surface area contributed by atoms with Crippen molar-refractivity contribution in [1.29, 1.82) is 0 Å². The van der Waals surface area contributed by atoms with Crippen molar-refractivity contribution in [3.63, 3.8) is 0 Å². The van der Waals surface area contributed by atoms with Crippen LogP contribution in [0.5, 0.6) is 0 Å². The zero-order valence-electron chi connectivity index (χ0n) is 12.0. The highest BCUT2D eigenvalue weighted by Crippen LogP contribution is 2.21. The summed E-state index contributed by atoms with van der Waals surface area (Å²) in [5, 5.41) is 8.95. The van der Waals surface area contributed by atoms with Gasteiger partial charge in [-0.3, -0.25) is 4.79 Å². The largest absolute Gasteiger partial charge is 0.337 e. The molecule has 8 nitrogen and oxygen atoms in total. The van der Waals surface area contributed by atoms with Crippen LogP contribution in [-0.4, -0.2) is 47.7 Å². The van der Waals surface area contributed by atoms with Gasteiger partial charge in [0, 0.05) is 19.3 Å². The first-order valence-electron chi connectivity index (χ1n) is 6.89. The van der Waals surface area contributed by atoms with Crippen LogP contribution in [0.25, 0.3) is 11.1 Å². The summed E-state index contributed by atoms with van der Waals surface area (Å²) in [6, 6.07) is 1.66. The van der Waals surface area contributed by atoms with Crippen molar-refractivity contribution in [2.45, 2.75) is 25.0 Å². The summed E-state index contributed by atoms with van der Waals surface area (Å²) in [5.41, 5.74) is 1.40. The number of nitrogens with zero attached hydrogens (tertiary/aromatic N) is 3. The van der Waals surface area contributed by atoms with E-state index in [9.17, 15) is 13.2 Å². The molecule has 2 aromatic rings. The Morgan fingerprint density at radius 1 is 1.50 bits per heavy atom. The van der Waals surface area contributed by atoms with E-state index in [2.05, 4.69) is 10.1 Å². The van der Waals surface area contributed by atoms with Crippen LogP contribution >= 0.6 is 0 Å². The molecular formula is C13H16N4O4S. The molecule has 9 heteroatoms. The van der Waals surface area contributed by atoms with Crippen molar-refractivity contribution >= 4 is 27.0 Å². The van der Waals surface area contributed by atoms with Gasteiger partial charge < -0.3 is 9.42 Å². The zero-order chi connectivity index (χ0) is 15.9. The lowest BCUT2D eigenvalue weighted by molar-refractivity contribution is 0.0726. The van der Waals surface area contributed by atoms with Crippen LogP contribution in [0.2, 0.25) is 0 Å². The number of aromatic nitrogens is 2. The van der Waals surface area contributed by atoms with Crippen LogP contribution < -0.4 is 5.14 Å². The normalized spacial score (nSPS) is 19.5.